The Kier molecular flexibility index (Phi) is 4.80. The second-order valence-corrected chi connectivity index (χ2v) is 6.32. The van der Waals surface area contributed by atoms with Crippen molar-refractivity contribution >= 4 is 17.2 Å². The first kappa shape index (κ1) is 18.7. The summed E-state index contributed by atoms with van der Waals surface area (Å²) in [6.07, 6.45) is 0.687. The number of aromatic nitrogens is 3. The quantitative estimate of drug-likeness (QED) is 0.468. The first-order valence-corrected chi connectivity index (χ1v) is 8.79. The summed E-state index contributed by atoms with van der Waals surface area (Å²) in [5.41, 5.74) is 2.45. The molecule has 4 nitrogen and oxygen atoms in total. The molecule has 0 amide bonds. The van der Waals surface area contributed by atoms with E-state index in [9.17, 15) is 13.2 Å². The van der Waals surface area contributed by atoms with E-state index < -0.39 is 11.9 Å². The van der Waals surface area contributed by atoms with Crippen LogP contribution in [0.3, 0.4) is 0 Å². The van der Waals surface area contributed by atoms with Gasteiger partial charge in [-0.05, 0) is 47.0 Å². The highest BCUT2D eigenvalue weighted by Gasteiger charge is 2.35. The lowest BCUT2D eigenvalue weighted by Crippen LogP contribution is -2.06. The van der Waals surface area contributed by atoms with E-state index in [0.29, 0.717) is 11.1 Å². The minimum atomic E-state index is -4.56. The molecule has 0 atom stereocenters. The summed E-state index contributed by atoms with van der Waals surface area (Å²) in [7, 11) is 1.40. The molecule has 0 unspecified atom stereocenters. The van der Waals surface area contributed by atoms with Gasteiger partial charge in [0.05, 0.1) is 12.6 Å². The van der Waals surface area contributed by atoms with Crippen molar-refractivity contribution in [2.75, 3.05) is 7.11 Å². The van der Waals surface area contributed by atoms with E-state index in [1.807, 2.05) is 48.5 Å². The highest BCUT2D eigenvalue weighted by molar-refractivity contribution is 5.96. The van der Waals surface area contributed by atoms with Gasteiger partial charge in [-0.25, -0.2) is 0 Å². The third-order valence-electron chi connectivity index (χ3n) is 4.48. The lowest BCUT2D eigenvalue weighted by atomic mass is 9.95. The monoisotopic (exact) mass is 395 g/mol. The van der Waals surface area contributed by atoms with Crippen LogP contribution in [-0.4, -0.2) is 21.7 Å². The number of halogens is 3. The smallest absolute Gasteiger partial charge is 0.435 e. The summed E-state index contributed by atoms with van der Waals surface area (Å²) in [5, 5.41) is 3.73. The number of benzene rings is 1. The fourth-order valence-electron chi connectivity index (χ4n) is 3.13. The van der Waals surface area contributed by atoms with Crippen LogP contribution in [0.15, 0.2) is 73.1 Å². The van der Waals surface area contributed by atoms with Crippen molar-refractivity contribution in [1.29, 1.82) is 0 Å². The molecule has 0 aliphatic heterocycles. The number of hydrogen-bond donors (Lipinski definition) is 0. The van der Waals surface area contributed by atoms with E-state index in [1.54, 1.807) is 24.5 Å². The zero-order chi connectivity index (χ0) is 20.4. The topological polar surface area (TPSA) is 39.4 Å². The molecule has 29 heavy (non-hydrogen) atoms. The molecule has 0 saturated heterocycles. The van der Waals surface area contributed by atoms with Crippen molar-refractivity contribution < 1.29 is 17.9 Å². The molecule has 0 radical (unpaired) electrons. The van der Waals surface area contributed by atoms with Crippen molar-refractivity contribution in [3.8, 4) is 5.88 Å². The molecule has 0 bridgehead atoms. The van der Waals surface area contributed by atoms with Gasteiger partial charge in [-0.2, -0.15) is 22.8 Å². The molecule has 1 aromatic carbocycles. The molecule has 4 aromatic rings. The number of fused-ring (bicyclic) bond motifs is 1. The van der Waals surface area contributed by atoms with Gasteiger partial charge in [-0.1, -0.05) is 30.3 Å². The molecule has 3 heterocycles. The van der Waals surface area contributed by atoms with Crippen LogP contribution in [-0.2, 0) is 6.18 Å². The normalized spacial score (nSPS) is 12.3. The Hall–Kier alpha value is -3.61. The Morgan fingerprint density at radius 1 is 1.00 bits per heavy atom. The molecular formula is C22H16F3N3O. The van der Waals surface area contributed by atoms with Gasteiger partial charge in [-0.15, -0.1) is 0 Å². The maximum Gasteiger partial charge on any atom is 0.435 e. The molecule has 0 spiro atoms. The molecule has 0 aliphatic rings. The average Bonchev–Trinajstić information content (AvgIpc) is 3.19. The van der Waals surface area contributed by atoms with Gasteiger partial charge in [0.15, 0.2) is 5.69 Å². The van der Waals surface area contributed by atoms with Crippen LogP contribution < -0.4 is 4.74 Å². The van der Waals surface area contributed by atoms with Crippen LogP contribution in [0.4, 0.5) is 13.2 Å². The molecule has 146 valence electrons. The fraction of sp³-hybridized carbons (Fsp3) is 0.0909. The van der Waals surface area contributed by atoms with E-state index in [0.717, 1.165) is 22.8 Å². The van der Waals surface area contributed by atoms with E-state index >= 15 is 0 Å². The molecule has 4 rings (SSSR count). The maximum absolute atomic E-state index is 13.3. The van der Waals surface area contributed by atoms with Gasteiger partial charge in [0.2, 0.25) is 5.88 Å². The Morgan fingerprint density at radius 2 is 1.72 bits per heavy atom. The summed E-state index contributed by atoms with van der Waals surface area (Å²) in [6, 6.07) is 17.5. The minimum absolute atomic E-state index is 0.218. The first-order chi connectivity index (χ1) is 14.0. The maximum atomic E-state index is 13.3. The predicted molar refractivity (Wildman–Crippen MR) is 104 cm³/mol. The highest BCUT2D eigenvalue weighted by Crippen LogP contribution is 2.35. The third-order valence-corrected chi connectivity index (χ3v) is 4.48. The first-order valence-electron chi connectivity index (χ1n) is 8.79. The molecule has 0 N–H and O–H groups in total. The second kappa shape index (κ2) is 7.43. The number of ether oxygens (including phenoxy) is 1. The van der Waals surface area contributed by atoms with Crippen molar-refractivity contribution in [3.63, 3.8) is 0 Å². The van der Waals surface area contributed by atoms with Crippen LogP contribution >= 0.6 is 0 Å². The van der Waals surface area contributed by atoms with Crippen LogP contribution in [0.25, 0.3) is 17.2 Å². The number of methoxy groups -OCH3 is 1. The number of hydrogen-bond acceptors (Lipinski definition) is 3. The van der Waals surface area contributed by atoms with Crippen LogP contribution in [0.5, 0.6) is 5.88 Å². The van der Waals surface area contributed by atoms with Crippen molar-refractivity contribution in [2.24, 2.45) is 0 Å². The summed E-state index contributed by atoms with van der Waals surface area (Å²) < 4.78 is 46.4. The SMILES string of the molecule is COc1ccc(/C(=C\c2ccncc2)c2ccccc2)c2cc(C(F)(F)F)nn12. The highest BCUT2D eigenvalue weighted by atomic mass is 19.4. The van der Waals surface area contributed by atoms with Gasteiger partial charge in [0, 0.05) is 24.0 Å². The van der Waals surface area contributed by atoms with Crippen LogP contribution in [0.1, 0.15) is 22.4 Å². The van der Waals surface area contributed by atoms with E-state index in [2.05, 4.69) is 10.1 Å². The zero-order valence-electron chi connectivity index (χ0n) is 15.4. The average molecular weight is 395 g/mol. The van der Waals surface area contributed by atoms with E-state index in [1.165, 1.54) is 11.6 Å². The third kappa shape index (κ3) is 3.71. The number of pyridine rings is 2. The Balaban J connectivity index is 2.00. The molecule has 0 fully saturated rings. The summed E-state index contributed by atoms with van der Waals surface area (Å²) in [6.45, 7) is 0. The molecular weight excluding hydrogens is 379 g/mol. The van der Waals surface area contributed by atoms with Crippen molar-refractivity contribution in [1.82, 2.24) is 14.6 Å². The number of alkyl halides is 3. The largest absolute Gasteiger partial charge is 0.481 e. The molecule has 0 saturated carbocycles. The van der Waals surface area contributed by atoms with Gasteiger partial charge >= 0.3 is 6.18 Å². The summed E-state index contributed by atoms with van der Waals surface area (Å²) in [5.74, 6) is 0.218. The summed E-state index contributed by atoms with van der Waals surface area (Å²) >= 11 is 0. The lowest BCUT2D eigenvalue weighted by molar-refractivity contribution is -0.141. The lowest BCUT2D eigenvalue weighted by Gasteiger charge is -2.12. The van der Waals surface area contributed by atoms with Gasteiger partial charge < -0.3 is 4.74 Å². The van der Waals surface area contributed by atoms with Crippen LogP contribution in [0.2, 0.25) is 0 Å². The summed E-state index contributed by atoms with van der Waals surface area (Å²) in [4.78, 5) is 4.02. The molecule has 3 aromatic heterocycles. The second-order valence-electron chi connectivity index (χ2n) is 6.32. The Morgan fingerprint density at radius 3 is 2.38 bits per heavy atom. The van der Waals surface area contributed by atoms with Crippen LogP contribution in [0, 0.1) is 0 Å². The standard InChI is InChI=1S/C22H16F3N3O/c1-29-21-8-7-17(19-14-20(22(23,24)25)27-28(19)21)18(16-5-3-2-4-6-16)13-15-9-11-26-12-10-15/h2-14H,1H3/b18-13-. The minimum Gasteiger partial charge on any atom is -0.481 e. The van der Waals surface area contributed by atoms with Gasteiger partial charge in [-0.3, -0.25) is 4.98 Å². The Bertz CT molecular complexity index is 1170. The van der Waals surface area contributed by atoms with E-state index in [-0.39, 0.29) is 5.88 Å². The Labute approximate surface area is 164 Å². The molecule has 0 aliphatic carbocycles. The zero-order valence-corrected chi connectivity index (χ0v) is 15.4. The van der Waals surface area contributed by atoms with E-state index in [4.69, 9.17) is 4.74 Å². The van der Waals surface area contributed by atoms with Crippen molar-refractivity contribution in [3.05, 3.63) is 95.4 Å². The van der Waals surface area contributed by atoms with Gasteiger partial charge in [0.1, 0.15) is 0 Å². The number of rotatable bonds is 4. The van der Waals surface area contributed by atoms with Gasteiger partial charge in [0.25, 0.3) is 0 Å². The fourth-order valence-corrected chi connectivity index (χ4v) is 3.13. The number of nitrogens with zero attached hydrogens (tertiary/aromatic N) is 3. The predicted octanol–water partition coefficient (Wildman–Crippen LogP) is 5.35. The van der Waals surface area contributed by atoms with Crippen molar-refractivity contribution in [2.45, 2.75) is 6.18 Å². The molecule has 7 heteroatoms.